The fraction of sp³-hybridized carbons (Fsp3) is 0.514. The molecule has 0 aliphatic rings. The number of unbranched alkanes of at least 4 members (excludes halogenated alkanes) is 4. The topological polar surface area (TPSA) is 153 Å². The second-order valence-electron chi connectivity index (χ2n) is 12.1. The Hall–Kier alpha value is -4.09. The molecule has 11 nitrogen and oxygen atoms in total. The molecule has 0 bridgehead atoms. The van der Waals surface area contributed by atoms with Crippen molar-refractivity contribution in [3.05, 3.63) is 58.0 Å². The number of carbonyl (C=O) groups is 4. The van der Waals surface area contributed by atoms with E-state index in [0.29, 0.717) is 46.4 Å². The van der Waals surface area contributed by atoms with Gasteiger partial charge in [-0.25, -0.2) is 10.2 Å². The van der Waals surface area contributed by atoms with Crippen molar-refractivity contribution in [2.75, 3.05) is 36.9 Å². The Balaban J connectivity index is 1.74. The molecular weight excluding hydrogens is 584 g/mol. The van der Waals surface area contributed by atoms with Gasteiger partial charge in [0.15, 0.2) is 23.4 Å². The van der Waals surface area contributed by atoms with Crippen LogP contribution in [0.25, 0.3) is 11.0 Å². The number of aromatic nitrogens is 2. The van der Waals surface area contributed by atoms with E-state index in [4.69, 9.17) is 0 Å². The van der Waals surface area contributed by atoms with Crippen LogP contribution in [0.3, 0.4) is 0 Å². The minimum absolute atomic E-state index is 0.0506. The molecule has 2 aromatic carbocycles. The SMILES string of the molecule is CCCCCCC(=O)c1cc(NNC(C(C)=O)C(=O)Nc2ccc3[nH]c(=O)[nH]c3c2)cc(C(=O)CCCC[N+](CC)(CC)CC)c1. The number of benzene rings is 2. The first-order chi connectivity index (χ1) is 22.0. The Bertz CT molecular complexity index is 1550. The molecule has 1 amide bonds. The summed E-state index contributed by atoms with van der Waals surface area (Å²) in [6.45, 7) is 14.2. The van der Waals surface area contributed by atoms with E-state index in [2.05, 4.69) is 53.8 Å². The van der Waals surface area contributed by atoms with Crippen LogP contribution in [-0.4, -0.2) is 69.9 Å². The fourth-order valence-electron chi connectivity index (χ4n) is 5.73. The molecule has 0 radical (unpaired) electrons. The van der Waals surface area contributed by atoms with Gasteiger partial charge >= 0.3 is 5.69 Å². The van der Waals surface area contributed by atoms with E-state index in [9.17, 15) is 24.0 Å². The lowest BCUT2D eigenvalue weighted by molar-refractivity contribution is -0.923. The van der Waals surface area contributed by atoms with E-state index in [1.807, 2.05) is 0 Å². The van der Waals surface area contributed by atoms with Crippen LogP contribution in [0.2, 0.25) is 0 Å². The average Bonchev–Trinajstić information content (AvgIpc) is 3.42. The monoisotopic (exact) mass is 635 g/mol. The van der Waals surface area contributed by atoms with Crippen LogP contribution in [0.1, 0.15) is 107 Å². The second-order valence-corrected chi connectivity index (χ2v) is 12.1. The summed E-state index contributed by atoms with van der Waals surface area (Å²) in [4.78, 5) is 68.9. The number of Topliss-reactive ketones (excluding diaryl/α,β-unsaturated/α-hetero) is 3. The molecular formula is C35H51N6O5+. The van der Waals surface area contributed by atoms with Crippen molar-refractivity contribution in [2.45, 2.75) is 92.0 Å². The molecule has 3 rings (SSSR count). The minimum Gasteiger partial charge on any atom is -0.324 e. The second kappa shape index (κ2) is 17.6. The summed E-state index contributed by atoms with van der Waals surface area (Å²) in [6.07, 6.45) is 6.30. The van der Waals surface area contributed by atoms with Crippen LogP contribution in [-0.2, 0) is 9.59 Å². The van der Waals surface area contributed by atoms with Gasteiger partial charge in [-0.3, -0.25) is 19.2 Å². The van der Waals surface area contributed by atoms with Crippen molar-refractivity contribution in [1.29, 1.82) is 0 Å². The molecule has 0 saturated heterocycles. The zero-order chi connectivity index (χ0) is 33.7. The Morgan fingerprint density at radius 1 is 0.739 bits per heavy atom. The first-order valence-corrected chi connectivity index (χ1v) is 16.7. The third kappa shape index (κ3) is 10.2. The van der Waals surface area contributed by atoms with Crippen molar-refractivity contribution in [2.24, 2.45) is 0 Å². The summed E-state index contributed by atoms with van der Waals surface area (Å²) in [5, 5.41) is 2.70. The summed E-state index contributed by atoms with van der Waals surface area (Å²) >= 11 is 0. The smallest absolute Gasteiger partial charge is 0.323 e. The Morgan fingerprint density at radius 2 is 1.35 bits per heavy atom. The molecule has 0 aliphatic heterocycles. The number of aromatic amines is 2. The summed E-state index contributed by atoms with van der Waals surface area (Å²) in [6, 6.07) is 8.54. The van der Waals surface area contributed by atoms with Gasteiger partial charge in [0.2, 0.25) is 0 Å². The van der Waals surface area contributed by atoms with Crippen LogP contribution >= 0.6 is 0 Å². The van der Waals surface area contributed by atoms with Crippen LogP contribution < -0.4 is 21.9 Å². The maximum Gasteiger partial charge on any atom is 0.323 e. The predicted molar refractivity (Wildman–Crippen MR) is 183 cm³/mol. The molecule has 1 unspecified atom stereocenters. The van der Waals surface area contributed by atoms with Gasteiger partial charge in [0.1, 0.15) is 0 Å². The van der Waals surface area contributed by atoms with Gasteiger partial charge in [-0.05, 0) is 83.4 Å². The first-order valence-electron chi connectivity index (χ1n) is 16.7. The van der Waals surface area contributed by atoms with Crippen molar-refractivity contribution < 1.29 is 23.7 Å². The molecule has 250 valence electrons. The van der Waals surface area contributed by atoms with Crippen molar-refractivity contribution in [3.8, 4) is 0 Å². The zero-order valence-electron chi connectivity index (χ0n) is 28.0. The largest absolute Gasteiger partial charge is 0.324 e. The van der Waals surface area contributed by atoms with E-state index in [0.717, 1.165) is 69.2 Å². The number of nitrogens with one attached hydrogen (secondary N) is 5. The fourth-order valence-corrected chi connectivity index (χ4v) is 5.73. The number of carbonyl (C=O) groups excluding carboxylic acids is 4. The summed E-state index contributed by atoms with van der Waals surface area (Å²) in [5.74, 6) is -1.16. The number of quaternary nitrogens is 1. The molecule has 0 saturated carbocycles. The number of amides is 1. The molecule has 1 aromatic heterocycles. The molecule has 46 heavy (non-hydrogen) atoms. The average molecular weight is 636 g/mol. The normalized spacial score (nSPS) is 12.2. The molecule has 0 spiro atoms. The highest BCUT2D eigenvalue weighted by Crippen LogP contribution is 2.21. The highest BCUT2D eigenvalue weighted by molar-refractivity contribution is 6.10. The number of hydrazine groups is 1. The van der Waals surface area contributed by atoms with Crippen LogP contribution in [0, 0.1) is 0 Å². The summed E-state index contributed by atoms with van der Waals surface area (Å²) in [5.41, 5.74) is 8.08. The third-order valence-electron chi connectivity index (χ3n) is 8.95. The number of rotatable bonds is 21. The molecule has 0 fully saturated rings. The van der Waals surface area contributed by atoms with Gasteiger partial charge in [-0.1, -0.05) is 26.2 Å². The first kappa shape index (κ1) is 36.4. The zero-order valence-corrected chi connectivity index (χ0v) is 28.0. The number of anilines is 2. The quantitative estimate of drug-likeness (QED) is 0.0328. The van der Waals surface area contributed by atoms with Crippen LogP contribution in [0.4, 0.5) is 11.4 Å². The standard InChI is InChI=1S/C35H50N6O5/c1-6-10-11-12-15-31(43)25-20-26(32(44)16-13-14-19-41(7-2,8-3)9-4)22-28(21-25)39-40-33(24(5)42)34(45)36-27-17-18-29-30(23-27)38-35(46)37-29/h17-18,20-23,33,39-40H,6-16,19H2,1-5H3,(H2-,36,37,38,45,46)/p+1. The van der Waals surface area contributed by atoms with E-state index in [1.165, 1.54) is 6.92 Å². The van der Waals surface area contributed by atoms with E-state index >= 15 is 0 Å². The van der Waals surface area contributed by atoms with E-state index < -0.39 is 17.7 Å². The number of ketones is 3. The number of H-pyrrole nitrogens is 2. The molecule has 3 aromatic rings. The van der Waals surface area contributed by atoms with Crippen LogP contribution in [0.15, 0.2) is 41.2 Å². The molecule has 0 aliphatic carbocycles. The third-order valence-corrected chi connectivity index (χ3v) is 8.95. The Labute approximate surface area is 271 Å². The highest BCUT2D eigenvalue weighted by Gasteiger charge is 2.24. The lowest BCUT2D eigenvalue weighted by Crippen LogP contribution is -2.48. The van der Waals surface area contributed by atoms with Gasteiger partial charge < -0.3 is 25.2 Å². The van der Waals surface area contributed by atoms with Crippen molar-refractivity contribution in [1.82, 2.24) is 15.4 Å². The number of hydrogen-bond donors (Lipinski definition) is 5. The van der Waals surface area contributed by atoms with Gasteiger partial charge in [-0.2, -0.15) is 0 Å². The minimum atomic E-state index is -1.28. The summed E-state index contributed by atoms with van der Waals surface area (Å²) in [7, 11) is 0. The van der Waals surface area contributed by atoms with Crippen molar-refractivity contribution >= 4 is 45.7 Å². The molecule has 11 heteroatoms. The molecule has 5 N–H and O–H groups in total. The number of imidazole rings is 1. The predicted octanol–water partition coefficient (Wildman–Crippen LogP) is 5.75. The summed E-state index contributed by atoms with van der Waals surface area (Å²) < 4.78 is 1.03. The van der Waals surface area contributed by atoms with Crippen molar-refractivity contribution in [3.63, 3.8) is 0 Å². The number of fused-ring (bicyclic) bond motifs is 1. The van der Waals surface area contributed by atoms with E-state index in [-0.39, 0.29) is 17.3 Å². The van der Waals surface area contributed by atoms with Gasteiger partial charge in [-0.15, -0.1) is 0 Å². The van der Waals surface area contributed by atoms with Gasteiger partial charge in [0.05, 0.1) is 42.9 Å². The maximum atomic E-state index is 13.3. The maximum absolute atomic E-state index is 13.3. The molecule has 1 heterocycles. The lowest BCUT2D eigenvalue weighted by Gasteiger charge is -2.35. The number of hydrogen-bond acceptors (Lipinski definition) is 7. The van der Waals surface area contributed by atoms with Crippen LogP contribution in [0.5, 0.6) is 0 Å². The number of nitrogens with zero attached hydrogens (tertiary/aromatic N) is 1. The van der Waals surface area contributed by atoms with E-state index in [1.54, 1.807) is 36.4 Å². The lowest BCUT2D eigenvalue weighted by atomic mass is 9.98. The highest BCUT2D eigenvalue weighted by atomic mass is 16.2. The Morgan fingerprint density at radius 3 is 1.93 bits per heavy atom. The molecule has 1 atom stereocenters. The van der Waals surface area contributed by atoms with Gasteiger partial charge in [0, 0.05) is 29.7 Å². The van der Waals surface area contributed by atoms with Gasteiger partial charge in [0.25, 0.3) is 5.91 Å². The Kier molecular flexibility index (Phi) is 13.9.